The Morgan fingerprint density at radius 1 is 1.07 bits per heavy atom. The van der Waals surface area contributed by atoms with E-state index in [-0.39, 0.29) is 17.8 Å². The molecule has 0 saturated heterocycles. The second kappa shape index (κ2) is 9.60. The first-order valence-electron chi connectivity index (χ1n) is 9.62. The SMILES string of the molecule is CC(C)Oc1ccc(NC(=O)CSc2nncn2-c2ccc(C(C)C)cc2)cc1. The van der Waals surface area contributed by atoms with Crippen LogP contribution >= 0.6 is 11.8 Å². The highest BCUT2D eigenvalue weighted by Gasteiger charge is 2.11. The molecule has 1 aromatic heterocycles. The lowest BCUT2D eigenvalue weighted by molar-refractivity contribution is -0.113. The van der Waals surface area contributed by atoms with Crippen molar-refractivity contribution in [2.24, 2.45) is 0 Å². The van der Waals surface area contributed by atoms with Gasteiger partial charge in [-0.25, -0.2) is 0 Å². The zero-order valence-electron chi connectivity index (χ0n) is 17.1. The zero-order chi connectivity index (χ0) is 20.8. The molecule has 2 aromatic carbocycles. The summed E-state index contributed by atoms with van der Waals surface area (Å²) in [6.45, 7) is 8.28. The molecule has 3 rings (SSSR count). The molecular weight excluding hydrogens is 384 g/mol. The molecule has 0 radical (unpaired) electrons. The molecule has 1 heterocycles. The Balaban J connectivity index is 1.58. The van der Waals surface area contributed by atoms with Crippen LogP contribution in [0.1, 0.15) is 39.2 Å². The third-order valence-corrected chi connectivity index (χ3v) is 5.14. The highest BCUT2D eigenvalue weighted by molar-refractivity contribution is 7.99. The maximum Gasteiger partial charge on any atom is 0.234 e. The average molecular weight is 411 g/mol. The van der Waals surface area contributed by atoms with Crippen molar-refractivity contribution in [3.8, 4) is 11.4 Å². The number of rotatable bonds is 8. The third-order valence-electron chi connectivity index (χ3n) is 4.20. The Bertz CT molecular complexity index is 934. The van der Waals surface area contributed by atoms with Gasteiger partial charge in [-0.1, -0.05) is 37.7 Å². The number of carbonyl (C=O) groups is 1. The molecular formula is C22H26N4O2S. The van der Waals surface area contributed by atoms with Crippen molar-refractivity contribution in [1.82, 2.24) is 14.8 Å². The number of nitrogens with zero attached hydrogens (tertiary/aromatic N) is 3. The molecule has 0 spiro atoms. The van der Waals surface area contributed by atoms with E-state index in [1.807, 2.05) is 54.8 Å². The van der Waals surface area contributed by atoms with Crippen LogP contribution in [-0.4, -0.2) is 32.5 Å². The highest BCUT2D eigenvalue weighted by Crippen LogP contribution is 2.22. The Hall–Kier alpha value is -2.80. The molecule has 0 saturated carbocycles. The van der Waals surface area contributed by atoms with Gasteiger partial charge in [0.25, 0.3) is 0 Å². The first-order valence-corrected chi connectivity index (χ1v) is 10.6. The van der Waals surface area contributed by atoms with Crippen molar-refractivity contribution in [1.29, 1.82) is 0 Å². The summed E-state index contributed by atoms with van der Waals surface area (Å²) in [6.07, 6.45) is 1.78. The van der Waals surface area contributed by atoms with Gasteiger partial charge in [0.1, 0.15) is 12.1 Å². The number of nitrogens with one attached hydrogen (secondary N) is 1. The van der Waals surface area contributed by atoms with Gasteiger partial charge < -0.3 is 10.1 Å². The van der Waals surface area contributed by atoms with E-state index >= 15 is 0 Å². The molecule has 0 bridgehead atoms. The molecule has 1 amide bonds. The maximum absolute atomic E-state index is 12.3. The molecule has 6 nitrogen and oxygen atoms in total. The van der Waals surface area contributed by atoms with Gasteiger partial charge in [-0.2, -0.15) is 0 Å². The van der Waals surface area contributed by atoms with E-state index in [4.69, 9.17) is 4.74 Å². The van der Waals surface area contributed by atoms with Gasteiger partial charge in [-0.05, 0) is 61.7 Å². The van der Waals surface area contributed by atoms with Gasteiger partial charge in [0.15, 0.2) is 5.16 Å². The lowest BCUT2D eigenvalue weighted by Crippen LogP contribution is -2.14. The van der Waals surface area contributed by atoms with Crippen LogP contribution in [0.4, 0.5) is 5.69 Å². The molecule has 0 atom stereocenters. The summed E-state index contributed by atoms with van der Waals surface area (Å²) in [7, 11) is 0. The third kappa shape index (κ3) is 5.84. The van der Waals surface area contributed by atoms with Crippen molar-refractivity contribution >= 4 is 23.4 Å². The molecule has 0 unspecified atom stereocenters. The van der Waals surface area contributed by atoms with Crippen molar-refractivity contribution in [2.75, 3.05) is 11.1 Å². The average Bonchev–Trinajstić information content (AvgIpc) is 3.16. The molecule has 29 heavy (non-hydrogen) atoms. The van der Waals surface area contributed by atoms with E-state index in [2.05, 4.69) is 41.5 Å². The predicted molar refractivity (Wildman–Crippen MR) is 117 cm³/mol. The Morgan fingerprint density at radius 2 is 1.76 bits per heavy atom. The Morgan fingerprint density at radius 3 is 2.38 bits per heavy atom. The summed E-state index contributed by atoms with van der Waals surface area (Å²) in [6, 6.07) is 15.7. The van der Waals surface area contributed by atoms with Crippen LogP contribution in [0.3, 0.4) is 0 Å². The number of aromatic nitrogens is 3. The van der Waals surface area contributed by atoms with Gasteiger partial charge >= 0.3 is 0 Å². The van der Waals surface area contributed by atoms with Crippen LogP contribution in [0, 0.1) is 0 Å². The van der Waals surface area contributed by atoms with E-state index in [9.17, 15) is 4.79 Å². The second-order valence-corrected chi connectivity index (χ2v) is 8.20. The lowest BCUT2D eigenvalue weighted by Gasteiger charge is -2.11. The molecule has 152 valence electrons. The quantitative estimate of drug-likeness (QED) is 0.535. The number of amides is 1. The molecule has 1 N–H and O–H groups in total. The summed E-state index contributed by atoms with van der Waals surface area (Å²) in [5.74, 6) is 1.40. The lowest BCUT2D eigenvalue weighted by atomic mass is 10.0. The Kier molecular flexibility index (Phi) is 6.93. The number of ether oxygens (including phenoxy) is 1. The van der Waals surface area contributed by atoms with Crippen molar-refractivity contribution in [3.63, 3.8) is 0 Å². The molecule has 0 aliphatic rings. The van der Waals surface area contributed by atoms with E-state index in [0.717, 1.165) is 17.1 Å². The van der Waals surface area contributed by atoms with Gasteiger partial charge in [-0.3, -0.25) is 9.36 Å². The standard InChI is InChI=1S/C22H26N4O2S/c1-15(2)17-5-9-19(10-6-17)26-14-23-25-22(26)29-13-21(27)24-18-7-11-20(12-8-18)28-16(3)4/h5-12,14-16H,13H2,1-4H3,(H,24,27). The van der Waals surface area contributed by atoms with Crippen molar-refractivity contribution in [2.45, 2.75) is 44.9 Å². The summed E-state index contributed by atoms with van der Waals surface area (Å²) < 4.78 is 7.50. The molecule has 0 aliphatic carbocycles. The number of carbonyl (C=O) groups excluding carboxylic acids is 1. The summed E-state index contributed by atoms with van der Waals surface area (Å²) >= 11 is 1.35. The van der Waals surface area contributed by atoms with Gasteiger partial charge in [0, 0.05) is 11.4 Å². The van der Waals surface area contributed by atoms with Crippen molar-refractivity contribution < 1.29 is 9.53 Å². The number of benzene rings is 2. The fourth-order valence-electron chi connectivity index (χ4n) is 2.74. The first kappa shape index (κ1) is 20.9. The van der Waals surface area contributed by atoms with E-state index in [0.29, 0.717) is 11.1 Å². The number of thioether (sulfide) groups is 1. The summed E-state index contributed by atoms with van der Waals surface area (Å²) in [5.41, 5.74) is 2.99. The largest absolute Gasteiger partial charge is 0.491 e. The molecule has 0 aliphatic heterocycles. The smallest absolute Gasteiger partial charge is 0.234 e. The monoisotopic (exact) mass is 410 g/mol. The van der Waals surface area contributed by atoms with E-state index < -0.39 is 0 Å². The molecule has 3 aromatic rings. The number of hydrogen-bond donors (Lipinski definition) is 1. The number of anilines is 1. The van der Waals surface area contributed by atoms with Gasteiger partial charge in [-0.15, -0.1) is 10.2 Å². The minimum Gasteiger partial charge on any atom is -0.491 e. The fraction of sp³-hybridized carbons (Fsp3) is 0.318. The van der Waals surface area contributed by atoms with Crippen molar-refractivity contribution in [3.05, 3.63) is 60.4 Å². The molecule has 0 fully saturated rings. The van der Waals surface area contributed by atoms with Crippen LogP contribution in [0.25, 0.3) is 5.69 Å². The predicted octanol–water partition coefficient (Wildman–Crippen LogP) is 4.91. The first-order chi connectivity index (χ1) is 13.9. The fourth-order valence-corrected chi connectivity index (χ4v) is 3.46. The Labute approximate surface area is 175 Å². The van der Waals surface area contributed by atoms with Crippen LogP contribution in [0.15, 0.2) is 60.0 Å². The summed E-state index contributed by atoms with van der Waals surface area (Å²) in [5, 5.41) is 11.7. The molecule has 7 heteroatoms. The topological polar surface area (TPSA) is 69.0 Å². The minimum absolute atomic E-state index is 0.0998. The van der Waals surface area contributed by atoms with Crippen LogP contribution in [0.5, 0.6) is 5.75 Å². The van der Waals surface area contributed by atoms with Crippen LogP contribution < -0.4 is 10.1 Å². The normalized spacial score (nSPS) is 11.1. The second-order valence-electron chi connectivity index (χ2n) is 7.26. The summed E-state index contributed by atoms with van der Waals surface area (Å²) in [4.78, 5) is 12.3. The number of hydrogen-bond acceptors (Lipinski definition) is 5. The van der Waals surface area contributed by atoms with Crippen LogP contribution in [-0.2, 0) is 4.79 Å². The minimum atomic E-state index is -0.0998. The van der Waals surface area contributed by atoms with E-state index in [1.165, 1.54) is 17.3 Å². The van der Waals surface area contributed by atoms with Gasteiger partial charge in [0.05, 0.1) is 11.9 Å². The van der Waals surface area contributed by atoms with Crippen LogP contribution in [0.2, 0.25) is 0 Å². The van der Waals surface area contributed by atoms with E-state index in [1.54, 1.807) is 6.33 Å². The zero-order valence-corrected chi connectivity index (χ0v) is 17.9. The highest BCUT2D eigenvalue weighted by atomic mass is 32.2. The van der Waals surface area contributed by atoms with Gasteiger partial charge in [0.2, 0.25) is 5.91 Å². The maximum atomic E-state index is 12.3.